The van der Waals surface area contributed by atoms with E-state index < -0.39 is 25.8 Å². The molecule has 224 valence electrons. The number of hydrogen-bond acceptors (Lipinski definition) is 11. The molecule has 2 N–H and O–H groups in total. The Bertz CT molecular complexity index is 2040. The number of ether oxygens (including phenoxy) is 1. The maximum absolute atomic E-state index is 13.7. The van der Waals surface area contributed by atoms with Crippen LogP contribution < -0.4 is 5.14 Å². The third kappa shape index (κ3) is 6.18. The molecule has 16 heteroatoms. The van der Waals surface area contributed by atoms with E-state index in [9.17, 15) is 16.8 Å². The van der Waals surface area contributed by atoms with Gasteiger partial charge in [-0.3, -0.25) is 4.90 Å². The van der Waals surface area contributed by atoms with Crippen molar-refractivity contribution < 1.29 is 26.0 Å². The SMILES string of the molecule is Cc1ccc(S(=O)(=O)n2ncc3c(-c4nnc(CN5CCOCC5)o4)cc(-c4cnc(Cl)c(CS(N)(=O)=O)c4)cc32)cc1. The lowest BCUT2D eigenvalue weighted by Gasteiger charge is -2.24. The average Bonchev–Trinajstić information content (AvgIpc) is 3.61. The summed E-state index contributed by atoms with van der Waals surface area (Å²) in [6.07, 6.45) is 2.88. The van der Waals surface area contributed by atoms with E-state index in [1.807, 2.05) is 6.92 Å². The number of benzene rings is 2. The second-order valence-electron chi connectivity index (χ2n) is 10.1. The van der Waals surface area contributed by atoms with E-state index >= 15 is 0 Å². The number of hydrogen-bond donors (Lipinski definition) is 1. The molecule has 5 aromatic rings. The summed E-state index contributed by atoms with van der Waals surface area (Å²) in [5.41, 5.74) is 2.71. The van der Waals surface area contributed by atoms with Crippen molar-refractivity contribution in [2.75, 3.05) is 26.3 Å². The van der Waals surface area contributed by atoms with Gasteiger partial charge in [0.25, 0.3) is 10.0 Å². The van der Waals surface area contributed by atoms with Crippen molar-refractivity contribution >= 4 is 42.6 Å². The van der Waals surface area contributed by atoms with Crippen molar-refractivity contribution in [1.82, 2.24) is 29.3 Å². The lowest BCUT2D eigenvalue weighted by Crippen LogP contribution is -2.35. The molecule has 1 fully saturated rings. The Morgan fingerprint density at radius 3 is 2.44 bits per heavy atom. The summed E-state index contributed by atoms with van der Waals surface area (Å²) >= 11 is 6.17. The summed E-state index contributed by atoms with van der Waals surface area (Å²) in [5.74, 6) is 0.0172. The maximum Gasteiger partial charge on any atom is 0.283 e. The van der Waals surface area contributed by atoms with Crippen LogP contribution in [0.1, 0.15) is 17.0 Å². The summed E-state index contributed by atoms with van der Waals surface area (Å²) < 4.78 is 63.5. The van der Waals surface area contributed by atoms with Crippen molar-refractivity contribution in [2.45, 2.75) is 24.1 Å². The molecular weight excluding hydrogens is 618 g/mol. The molecular formula is C27H26ClN7O6S2. The number of fused-ring (bicyclic) bond motifs is 1. The van der Waals surface area contributed by atoms with Gasteiger partial charge < -0.3 is 9.15 Å². The number of aromatic nitrogens is 5. The highest BCUT2D eigenvalue weighted by molar-refractivity contribution is 7.90. The zero-order valence-corrected chi connectivity index (χ0v) is 25.2. The zero-order valence-electron chi connectivity index (χ0n) is 22.8. The van der Waals surface area contributed by atoms with Crippen LogP contribution in [-0.2, 0) is 37.1 Å². The highest BCUT2D eigenvalue weighted by Gasteiger charge is 2.25. The Hall–Kier alpha value is -3.73. The highest BCUT2D eigenvalue weighted by atomic mass is 35.5. The van der Waals surface area contributed by atoms with Crippen LogP contribution in [0.4, 0.5) is 0 Å². The fourth-order valence-corrected chi connectivity index (χ4v) is 6.96. The normalized spacial score (nSPS) is 14.9. The first-order valence-corrected chi connectivity index (χ1v) is 16.6. The van der Waals surface area contributed by atoms with Crippen LogP contribution in [0.5, 0.6) is 0 Å². The van der Waals surface area contributed by atoms with Gasteiger partial charge in [0.05, 0.1) is 47.7 Å². The number of sulfonamides is 1. The first-order valence-electron chi connectivity index (χ1n) is 13.1. The minimum Gasteiger partial charge on any atom is -0.419 e. The highest BCUT2D eigenvalue weighted by Crippen LogP contribution is 2.36. The van der Waals surface area contributed by atoms with E-state index in [-0.39, 0.29) is 27.0 Å². The van der Waals surface area contributed by atoms with Crippen LogP contribution in [-0.4, -0.2) is 72.4 Å². The van der Waals surface area contributed by atoms with Gasteiger partial charge in [0.1, 0.15) is 5.15 Å². The molecule has 2 aromatic carbocycles. The summed E-state index contributed by atoms with van der Waals surface area (Å²) in [6.45, 7) is 4.97. The summed E-state index contributed by atoms with van der Waals surface area (Å²) in [6, 6.07) is 11.3. The lowest BCUT2D eigenvalue weighted by molar-refractivity contribution is 0.0306. The predicted octanol–water partition coefficient (Wildman–Crippen LogP) is 2.97. The van der Waals surface area contributed by atoms with Gasteiger partial charge in [-0.2, -0.15) is 17.6 Å². The number of nitrogens with zero attached hydrogens (tertiary/aromatic N) is 6. The van der Waals surface area contributed by atoms with Gasteiger partial charge in [-0.15, -0.1) is 10.2 Å². The number of halogens is 1. The molecule has 43 heavy (non-hydrogen) atoms. The predicted molar refractivity (Wildman–Crippen MR) is 158 cm³/mol. The van der Waals surface area contributed by atoms with Gasteiger partial charge in [-0.25, -0.2) is 18.5 Å². The van der Waals surface area contributed by atoms with Gasteiger partial charge in [-0.05, 0) is 42.8 Å². The van der Waals surface area contributed by atoms with Crippen molar-refractivity contribution in [3.8, 4) is 22.6 Å². The van der Waals surface area contributed by atoms with E-state index in [0.29, 0.717) is 47.7 Å². The Labute approximate surface area is 252 Å². The standard InChI is InChI=1S/C27H26ClN7O6S2/c1-17-2-4-21(5-3-17)43(38,39)35-24-12-18(19-10-20(16-42(29,36)37)26(28)30-13-19)11-22(23(24)14-31-35)27-33-32-25(41-27)15-34-6-8-40-9-7-34/h2-5,10-14H,6-9,15-16H2,1H3,(H2,29,36,37). The number of primary sulfonamides is 1. The molecule has 1 aliphatic heterocycles. The van der Waals surface area contributed by atoms with Crippen LogP contribution in [0, 0.1) is 6.92 Å². The lowest BCUT2D eigenvalue weighted by atomic mass is 10.0. The van der Waals surface area contributed by atoms with Gasteiger partial charge in [-0.1, -0.05) is 29.3 Å². The van der Waals surface area contributed by atoms with Gasteiger partial charge in [0.2, 0.25) is 21.8 Å². The molecule has 13 nitrogen and oxygen atoms in total. The number of pyridine rings is 1. The van der Waals surface area contributed by atoms with Gasteiger partial charge >= 0.3 is 0 Å². The minimum atomic E-state index is -4.10. The van der Waals surface area contributed by atoms with Crippen molar-refractivity contribution in [3.63, 3.8) is 0 Å². The van der Waals surface area contributed by atoms with Crippen LogP contribution in [0.15, 0.2) is 64.2 Å². The van der Waals surface area contributed by atoms with Crippen LogP contribution in [0.25, 0.3) is 33.5 Å². The van der Waals surface area contributed by atoms with Crippen LogP contribution in [0.2, 0.25) is 5.15 Å². The second-order valence-corrected chi connectivity index (χ2v) is 13.9. The molecule has 0 spiro atoms. The monoisotopic (exact) mass is 643 g/mol. The molecule has 6 rings (SSSR count). The Morgan fingerprint density at radius 2 is 1.72 bits per heavy atom. The van der Waals surface area contributed by atoms with Crippen LogP contribution in [0.3, 0.4) is 0 Å². The topological polar surface area (TPSA) is 176 Å². The summed E-state index contributed by atoms with van der Waals surface area (Å²) in [4.78, 5) is 6.33. The molecule has 0 saturated carbocycles. The first kappa shape index (κ1) is 29.3. The van der Waals surface area contributed by atoms with Crippen molar-refractivity contribution in [3.05, 3.63) is 77.0 Å². The molecule has 4 heterocycles. The van der Waals surface area contributed by atoms with Crippen molar-refractivity contribution in [2.24, 2.45) is 5.14 Å². The number of rotatable bonds is 8. The van der Waals surface area contributed by atoms with Crippen LogP contribution >= 0.6 is 11.6 Å². The quantitative estimate of drug-likeness (QED) is 0.246. The third-order valence-electron chi connectivity index (χ3n) is 6.96. The maximum atomic E-state index is 13.7. The second kappa shape index (κ2) is 11.4. The smallest absolute Gasteiger partial charge is 0.283 e. The van der Waals surface area contributed by atoms with E-state index in [0.717, 1.165) is 22.7 Å². The van der Waals surface area contributed by atoms with Crippen molar-refractivity contribution in [1.29, 1.82) is 0 Å². The van der Waals surface area contributed by atoms with E-state index in [1.165, 1.54) is 30.6 Å². The van der Waals surface area contributed by atoms with Gasteiger partial charge in [0.15, 0.2) is 0 Å². The fraction of sp³-hybridized carbons (Fsp3) is 0.259. The molecule has 0 aliphatic carbocycles. The molecule has 0 atom stereocenters. The first-order chi connectivity index (χ1) is 20.5. The molecule has 0 bridgehead atoms. The molecule has 1 aliphatic rings. The van der Waals surface area contributed by atoms with E-state index in [2.05, 4.69) is 25.2 Å². The summed E-state index contributed by atoms with van der Waals surface area (Å²) in [7, 11) is -8.01. The molecule has 3 aromatic heterocycles. The van der Waals surface area contributed by atoms with Gasteiger partial charge in [0, 0.05) is 35.8 Å². The zero-order chi connectivity index (χ0) is 30.4. The Morgan fingerprint density at radius 1 is 0.977 bits per heavy atom. The molecule has 0 unspecified atom stereocenters. The minimum absolute atomic E-state index is 0.0178. The number of aryl methyl sites for hydroxylation is 1. The molecule has 1 saturated heterocycles. The Balaban J connectivity index is 1.51. The molecule has 0 radical (unpaired) electrons. The number of nitrogens with two attached hydrogens (primary N) is 1. The largest absolute Gasteiger partial charge is 0.419 e. The molecule has 0 amide bonds. The third-order valence-corrected chi connectivity index (χ3v) is 9.63. The fourth-order valence-electron chi connectivity index (χ4n) is 4.80. The average molecular weight is 644 g/mol. The van der Waals surface area contributed by atoms with E-state index in [4.69, 9.17) is 25.9 Å². The Kier molecular flexibility index (Phi) is 7.78. The summed E-state index contributed by atoms with van der Waals surface area (Å²) in [5, 5.41) is 18.4. The van der Waals surface area contributed by atoms with E-state index in [1.54, 1.807) is 24.3 Å². The number of morpholine rings is 1.